The van der Waals surface area contributed by atoms with Crippen LogP contribution in [0.15, 0.2) is 60.7 Å². The Kier molecular flexibility index (Phi) is 7.55. The monoisotopic (exact) mass is 475 g/mol. The van der Waals surface area contributed by atoms with Crippen LogP contribution in [0.3, 0.4) is 0 Å². The number of phenols is 1. The van der Waals surface area contributed by atoms with E-state index in [-0.39, 0.29) is 16.9 Å². The standard InChI is InChI=1S/C28H29NO6/c1-33-27(31)19-15-20(28(32)34-2)17-22(16-19)35-14-8-4-3-7-13-29-25-10-6-5-9-23(25)24-12-11-21(30)18-26(24)29/h5-6,9-12,15-18,30H,3-4,7-8,13-14H2,1-2H3. The van der Waals surface area contributed by atoms with Crippen molar-refractivity contribution < 1.29 is 28.9 Å². The third kappa shape index (κ3) is 5.40. The predicted octanol–water partition coefficient (Wildman–Crippen LogP) is 5.71. The van der Waals surface area contributed by atoms with E-state index in [1.807, 2.05) is 24.3 Å². The van der Waals surface area contributed by atoms with E-state index in [4.69, 9.17) is 14.2 Å². The zero-order valence-electron chi connectivity index (χ0n) is 20.0. The van der Waals surface area contributed by atoms with Crippen LogP contribution in [0.4, 0.5) is 0 Å². The number of para-hydroxylation sites is 1. The number of carbonyl (C=O) groups excluding carboxylic acids is 2. The lowest BCUT2D eigenvalue weighted by atomic mass is 10.1. The van der Waals surface area contributed by atoms with Gasteiger partial charge in [-0.05, 0) is 49.2 Å². The fourth-order valence-electron chi connectivity index (χ4n) is 4.35. The first-order valence-electron chi connectivity index (χ1n) is 11.7. The molecule has 3 aromatic carbocycles. The molecule has 0 radical (unpaired) electrons. The third-order valence-electron chi connectivity index (χ3n) is 6.05. The molecular weight excluding hydrogens is 446 g/mol. The van der Waals surface area contributed by atoms with Gasteiger partial charge in [0.2, 0.25) is 0 Å². The largest absolute Gasteiger partial charge is 0.508 e. The summed E-state index contributed by atoms with van der Waals surface area (Å²) in [7, 11) is 2.57. The van der Waals surface area contributed by atoms with E-state index in [0.29, 0.717) is 12.4 Å². The molecule has 182 valence electrons. The molecule has 0 atom stereocenters. The zero-order valence-corrected chi connectivity index (χ0v) is 20.0. The molecule has 35 heavy (non-hydrogen) atoms. The molecule has 7 heteroatoms. The fourth-order valence-corrected chi connectivity index (χ4v) is 4.35. The van der Waals surface area contributed by atoms with Gasteiger partial charge in [0.15, 0.2) is 0 Å². The van der Waals surface area contributed by atoms with Crippen molar-refractivity contribution in [1.82, 2.24) is 4.57 Å². The summed E-state index contributed by atoms with van der Waals surface area (Å²) in [5, 5.41) is 12.3. The maximum atomic E-state index is 11.9. The van der Waals surface area contributed by atoms with Crippen molar-refractivity contribution in [2.75, 3.05) is 20.8 Å². The Hall–Kier alpha value is -4.00. The van der Waals surface area contributed by atoms with Crippen molar-refractivity contribution in [3.05, 3.63) is 71.8 Å². The summed E-state index contributed by atoms with van der Waals surface area (Å²) in [6, 6.07) is 18.4. The van der Waals surface area contributed by atoms with Crippen LogP contribution in [0.25, 0.3) is 21.8 Å². The summed E-state index contributed by atoms with van der Waals surface area (Å²) >= 11 is 0. The first-order chi connectivity index (χ1) is 17.0. The van der Waals surface area contributed by atoms with Crippen LogP contribution in [0.2, 0.25) is 0 Å². The van der Waals surface area contributed by atoms with E-state index in [2.05, 4.69) is 16.7 Å². The van der Waals surface area contributed by atoms with Gasteiger partial charge in [0.05, 0.1) is 37.5 Å². The molecule has 7 nitrogen and oxygen atoms in total. The molecule has 0 aliphatic carbocycles. The minimum Gasteiger partial charge on any atom is -0.508 e. The number of methoxy groups -OCH3 is 2. The molecule has 0 amide bonds. The third-order valence-corrected chi connectivity index (χ3v) is 6.05. The molecule has 0 bridgehead atoms. The first kappa shape index (κ1) is 24.1. The summed E-state index contributed by atoms with van der Waals surface area (Å²) in [6.45, 7) is 1.33. The lowest BCUT2D eigenvalue weighted by Crippen LogP contribution is -2.08. The van der Waals surface area contributed by atoms with Gasteiger partial charge < -0.3 is 23.9 Å². The highest BCUT2D eigenvalue weighted by atomic mass is 16.5. The Morgan fingerprint density at radius 3 is 2.14 bits per heavy atom. The Balaban J connectivity index is 1.32. The van der Waals surface area contributed by atoms with Crippen molar-refractivity contribution in [2.45, 2.75) is 32.2 Å². The summed E-state index contributed by atoms with van der Waals surface area (Å²) < 4.78 is 17.6. The maximum absolute atomic E-state index is 11.9. The predicted molar refractivity (Wildman–Crippen MR) is 134 cm³/mol. The molecule has 0 saturated heterocycles. The molecule has 4 aromatic rings. The zero-order chi connectivity index (χ0) is 24.8. The van der Waals surface area contributed by atoms with E-state index in [0.717, 1.165) is 43.1 Å². The number of phenolic OH excluding ortho intramolecular Hbond substituents is 1. The first-order valence-corrected chi connectivity index (χ1v) is 11.7. The second-order valence-corrected chi connectivity index (χ2v) is 8.36. The number of nitrogens with zero attached hydrogens (tertiary/aromatic N) is 1. The number of aromatic nitrogens is 1. The number of fused-ring (bicyclic) bond motifs is 3. The van der Waals surface area contributed by atoms with Crippen molar-refractivity contribution in [2.24, 2.45) is 0 Å². The van der Waals surface area contributed by atoms with Gasteiger partial charge in [-0.15, -0.1) is 0 Å². The molecule has 0 fully saturated rings. The molecule has 1 heterocycles. The molecule has 0 aliphatic heterocycles. The summed E-state index contributed by atoms with van der Waals surface area (Å²) in [5.41, 5.74) is 2.69. The SMILES string of the molecule is COC(=O)c1cc(OCCCCCCn2c3ccccc3c3ccc(O)cc32)cc(C(=O)OC)c1. The van der Waals surface area contributed by atoms with E-state index in [1.54, 1.807) is 18.2 Å². The molecule has 0 unspecified atom stereocenters. The van der Waals surface area contributed by atoms with Crippen LogP contribution >= 0.6 is 0 Å². The number of carbonyl (C=O) groups is 2. The number of aryl methyl sites for hydroxylation is 1. The Morgan fingerprint density at radius 1 is 0.771 bits per heavy atom. The number of hydrogen-bond donors (Lipinski definition) is 1. The highest BCUT2D eigenvalue weighted by Gasteiger charge is 2.14. The number of hydrogen-bond acceptors (Lipinski definition) is 6. The topological polar surface area (TPSA) is 87.0 Å². The van der Waals surface area contributed by atoms with Gasteiger partial charge in [-0.2, -0.15) is 0 Å². The summed E-state index contributed by atoms with van der Waals surface area (Å²) in [4.78, 5) is 23.8. The number of benzene rings is 3. The van der Waals surface area contributed by atoms with Crippen molar-refractivity contribution in [3.63, 3.8) is 0 Å². The molecule has 1 N–H and O–H groups in total. The van der Waals surface area contributed by atoms with Gasteiger partial charge in [0.25, 0.3) is 0 Å². The Bertz CT molecular complexity index is 1320. The lowest BCUT2D eigenvalue weighted by molar-refractivity contribution is 0.0598. The van der Waals surface area contributed by atoms with Crippen LogP contribution in [0, 0.1) is 0 Å². The average Bonchev–Trinajstić information content (AvgIpc) is 3.19. The van der Waals surface area contributed by atoms with Gasteiger partial charge in [-0.3, -0.25) is 0 Å². The number of ether oxygens (including phenoxy) is 3. The summed E-state index contributed by atoms with van der Waals surface area (Å²) in [6.07, 6.45) is 3.83. The second kappa shape index (κ2) is 11.0. The van der Waals surface area contributed by atoms with Gasteiger partial charge in [-0.1, -0.05) is 31.0 Å². The maximum Gasteiger partial charge on any atom is 0.338 e. The van der Waals surface area contributed by atoms with E-state index >= 15 is 0 Å². The molecular formula is C28H29NO6. The van der Waals surface area contributed by atoms with Gasteiger partial charge in [0, 0.05) is 28.9 Å². The number of esters is 2. The number of rotatable bonds is 10. The highest BCUT2D eigenvalue weighted by molar-refractivity contribution is 6.08. The van der Waals surface area contributed by atoms with E-state index < -0.39 is 11.9 Å². The Morgan fingerprint density at radius 2 is 1.43 bits per heavy atom. The second-order valence-electron chi connectivity index (χ2n) is 8.36. The highest BCUT2D eigenvalue weighted by Crippen LogP contribution is 2.31. The van der Waals surface area contributed by atoms with Crippen LogP contribution in [-0.4, -0.2) is 42.4 Å². The molecule has 0 aliphatic rings. The van der Waals surface area contributed by atoms with Crippen molar-refractivity contribution >= 4 is 33.7 Å². The van der Waals surface area contributed by atoms with Gasteiger partial charge in [0.1, 0.15) is 11.5 Å². The van der Waals surface area contributed by atoms with E-state index in [9.17, 15) is 14.7 Å². The van der Waals surface area contributed by atoms with Crippen LogP contribution in [-0.2, 0) is 16.0 Å². The molecule has 0 spiro atoms. The molecule has 1 aromatic heterocycles. The normalized spacial score (nSPS) is 11.0. The fraction of sp³-hybridized carbons (Fsp3) is 0.286. The number of unbranched alkanes of at least 4 members (excludes halogenated alkanes) is 3. The quantitative estimate of drug-likeness (QED) is 0.233. The number of aromatic hydroxyl groups is 1. The smallest absolute Gasteiger partial charge is 0.338 e. The Labute approximate surface area is 203 Å². The summed E-state index contributed by atoms with van der Waals surface area (Å²) in [5.74, 6) is -0.387. The minimum atomic E-state index is -0.543. The van der Waals surface area contributed by atoms with Crippen molar-refractivity contribution in [1.29, 1.82) is 0 Å². The van der Waals surface area contributed by atoms with Crippen LogP contribution < -0.4 is 4.74 Å². The van der Waals surface area contributed by atoms with Crippen molar-refractivity contribution in [3.8, 4) is 11.5 Å². The van der Waals surface area contributed by atoms with E-state index in [1.165, 1.54) is 31.2 Å². The molecule has 4 rings (SSSR count). The lowest BCUT2D eigenvalue weighted by Gasteiger charge is -2.10. The average molecular weight is 476 g/mol. The molecule has 0 saturated carbocycles. The van der Waals surface area contributed by atoms with Gasteiger partial charge in [-0.25, -0.2) is 9.59 Å². The van der Waals surface area contributed by atoms with Crippen LogP contribution in [0.5, 0.6) is 11.5 Å². The minimum absolute atomic E-state index is 0.239. The van der Waals surface area contributed by atoms with Crippen LogP contribution in [0.1, 0.15) is 46.4 Å². The van der Waals surface area contributed by atoms with Gasteiger partial charge >= 0.3 is 11.9 Å².